The molecular formula is C11H13N3O2. The van der Waals surface area contributed by atoms with Gasteiger partial charge in [0.05, 0.1) is 11.9 Å². The van der Waals surface area contributed by atoms with Crippen molar-refractivity contribution < 1.29 is 9.90 Å². The number of rotatable bonds is 1. The van der Waals surface area contributed by atoms with E-state index in [0.717, 1.165) is 5.69 Å². The summed E-state index contributed by atoms with van der Waals surface area (Å²) in [5.41, 5.74) is 1.35. The number of hydrogen-bond donors (Lipinski definition) is 1. The van der Waals surface area contributed by atoms with Crippen LogP contribution in [0.5, 0.6) is 0 Å². The van der Waals surface area contributed by atoms with Crippen LogP contribution < -0.4 is 0 Å². The second-order valence-electron chi connectivity index (χ2n) is 4.68. The molecule has 0 unspecified atom stereocenters. The monoisotopic (exact) mass is 219 g/mol. The number of nitrogens with zero attached hydrogens (tertiary/aromatic N) is 3. The summed E-state index contributed by atoms with van der Waals surface area (Å²) in [5.74, 6) is -1.01. The van der Waals surface area contributed by atoms with E-state index in [1.54, 1.807) is 10.7 Å². The van der Waals surface area contributed by atoms with Gasteiger partial charge in [-0.05, 0) is 6.07 Å². The fourth-order valence-corrected chi connectivity index (χ4v) is 1.61. The van der Waals surface area contributed by atoms with Crippen molar-refractivity contribution in [2.75, 3.05) is 0 Å². The summed E-state index contributed by atoms with van der Waals surface area (Å²) in [5, 5.41) is 13.1. The average Bonchev–Trinajstić information content (AvgIpc) is 2.58. The predicted octanol–water partition coefficient (Wildman–Crippen LogP) is 1.73. The van der Waals surface area contributed by atoms with Crippen molar-refractivity contribution in [1.29, 1.82) is 0 Å². The van der Waals surface area contributed by atoms with E-state index in [9.17, 15) is 4.79 Å². The van der Waals surface area contributed by atoms with Gasteiger partial charge in [0, 0.05) is 11.6 Å². The van der Waals surface area contributed by atoms with Crippen molar-refractivity contribution in [3.05, 3.63) is 29.7 Å². The van der Waals surface area contributed by atoms with Crippen molar-refractivity contribution in [3.8, 4) is 0 Å². The number of fused-ring (bicyclic) bond motifs is 1. The molecule has 0 aromatic carbocycles. The van der Waals surface area contributed by atoms with Crippen LogP contribution in [0.1, 0.15) is 36.8 Å². The summed E-state index contributed by atoms with van der Waals surface area (Å²) >= 11 is 0. The predicted molar refractivity (Wildman–Crippen MR) is 58.6 cm³/mol. The molecule has 0 aliphatic rings. The zero-order chi connectivity index (χ0) is 11.9. The second-order valence-corrected chi connectivity index (χ2v) is 4.68. The number of aromatic carboxylic acids is 1. The van der Waals surface area contributed by atoms with Gasteiger partial charge in [-0.15, -0.1) is 0 Å². The Bertz CT molecular complexity index is 552. The van der Waals surface area contributed by atoms with Gasteiger partial charge in [0.15, 0.2) is 5.65 Å². The quantitative estimate of drug-likeness (QED) is 0.793. The van der Waals surface area contributed by atoms with Gasteiger partial charge in [-0.2, -0.15) is 5.10 Å². The highest BCUT2D eigenvalue weighted by molar-refractivity contribution is 5.94. The lowest BCUT2D eigenvalue weighted by Gasteiger charge is -2.19. The van der Waals surface area contributed by atoms with Crippen LogP contribution in [0.4, 0.5) is 0 Å². The summed E-state index contributed by atoms with van der Waals surface area (Å²) in [6.07, 6.45) is 2.95. The standard InChI is InChI=1S/C11H13N3O2/c1-11(2,3)8-4-5-12-9-7(10(15)16)6-13-14(8)9/h4-6H,1-3H3,(H,15,16). The molecule has 0 bridgehead atoms. The molecule has 0 fully saturated rings. The first-order valence-corrected chi connectivity index (χ1v) is 4.98. The minimum absolute atomic E-state index is 0.108. The Morgan fingerprint density at radius 1 is 1.44 bits per heavy atom. The third-order valence-electron chi connectivity index (χ3n) is 2.40. The summed E-state index contributed by atoms with van der Waals surface area (Å²) in [4.78, 5) is 15.0. The highest BCUT2D eigenvalue weighted by Gasteiger charge is 2.21. The van der Waals surface area contributed by atoms with Gasteiger partial charge in [-0.3, -0.25) is 0 Å². The average molecular weight is 219 g/mol. The fraction of sp³-hybridized carbons (Fsp3) is 0.364. The molecule has 0 saturated carbocycles. The largest absolute Gasteiger partial charge is 0.477 e. The van der Waals surface area contributed by atoms with Crippen LogP contribution in [0.25, 0.3) is 5.65 Å². The van der Waals surface area contributed by atoms with Crippen LogP contribution in [0, 0.1) is 0 Å². The maximum atomic E-state index is 10.9. The van der Waals surface area contributed by atoms with Gasteiger partial charge in [0.25, 0.3) is 0 Å². The lowest BCUT2D eigenvalue weighted by atomic mass is 9.92. The Labute approximate surface area is 92.7 Å². The van der Waals surface area contributed by atoms with E-state index in [-0.39, 0.29) is 11.0 Å². The summed E-state index contributed by atoms with van der Waals surface area (Å²) < 4.78 is 1.59. The zero-order valence-electron chi connectivity index (χ0n) is 9.43. The van der Waals surface area contributed by atoms with Crippen molar-refractivity contribution in [1.82, 2.24) is 14.6 Å². The molecule has 1 N–H and O–H groups in total. The van der Waals surface area contributed by atoms with Gasteiger partial charge >= 0.3 is 5.97 Å². The molecule has 5 nitrogen and oxygen atoms in total. The molecule has 0 spiro atoms. The van der Waals surface area contributed by atoms with Crippen molar-refractivity contribution in [2.24, 2.45) is 0 Å². The fourth-order valence-electron chi connectivity index (χ4n) is 1.61. The normalized spacial score (nSPS) is 11.9. The van der Waals surface area contributed by atoms with Gasteiger partial charge in [0.1, 0.15) is 5.56 Å². The first-order chi connectivity index (χ1) is 7.41. The van der Waals surface area contributed by atoms with Crippen molar-refractivity contribution in [2.45, 2.75) is 26.2 Å². The third kappa shape index (κ3) is 1.54. The molecule has 0 saturated heterocycles. The second kappa shape index (κ2) is 3.30. The molecule has 2 aromatic rings. The number of hydrogen-bond acceptors (Lipinski definition) is 3. The molecule has 16 heavy (non-hydrogen) atoms. The smallest absolute Gasteiger partial charge is 0.341 e. The van der Waals surface area contributed by atoms with Gasteiger partial charge in [-0.25, -0.2) is 14.3 Å². The molecule has 0 atom stereocenters. The molecule has 2 aromatic heterocycles. The lowest BCUT2D eigenvalue weighted by molar-refractivity contribution is 0.0698. The van der Waals surface area contributed by atoms with E-state index in [4.69, 9.17) is 5.11 Å². The lowest BCUT2D eigenvalue weighted by Crippen LogP contribution is -2.17. The van der Waals surface area contributed by atoms with Crippen LogP contribution >= 0.6 is 0 Å². The third-order valence-corrected chi connectivity index (χ3v) is 2.40. The molecule has 2 heterocycles. The molecule has 0 aliphatic carbocycles. The Morgan fingerprint density at radius 3 is 2.69 bits per heavy atom. The Hall–Kier alpha value is -1.91. The summed E-state index contributed by atoms with van der Waals surface area (Å²) in [6, 6.07) is 1.85. The maximum Gasteiger partial charge on any atom is 0.341 e. The van der Waals surface area contributed by atoms with E-state index >= 15 is 0 Å². The number of aromatic nitrogens is 3. The first-order valence-electron chi connectivity index (χ1n) is 4.98. The highest BCUT2D eigenvalue weighted by atomic mass is 16.4. The SMILES string of the molecule is CC(C)(C)c1ccnc2c(C(=O)O)cnn12. The van der Waals surface area contributed by atoms with Crippen molar-refractivity contribution >= 4 is 11.6 Å². The van der Waals surface area contributed by atoms with Crippen LogP contribution in [0.15, 0.2) is 18.5 Å². The molecule has 84 valence electrons. The Morgan fingerprint density at radius 2 is 2.12 bits per heavy atom. The highest BCUT2D eigenvalue weighted by Crippen LogP contribution is 2.22. The minimum atomic E-state index is -1.01. The Kier molecular flexibility index (Phi) is 2.18. The zero-order valence-corrected chi connectivity index (χ0v) is 9.43. The number of carbonyl (C=O) groups is 1. The molecule has 2 rings (SSSR count). The van der Waals surface area contributed by atoms with E-state index in [1.165, 1.54) is 6.20 Å². The van der Waals surface area contributed by atoms with Crippen LogP contribution in [-0.4, -0.2) is 25.7 Å². The van der Waals surface area contributed by atoms with Gasteiger partial charge in [0.2, 0.25) is 0 Å². The summed E-state index contributed by atoms with van der Waals surface area (Å²) in [7, 11) is 0. The van der Waals surface area contributed by atoms with Gasteiger partial charge < -0.3 is 5.11 Å². The van der Waals surface area contributed by atoms with Crippen LogP contribution in [0.2, 0.25) is 0 Å². The van der Waals surface area contributed by atoms with E-state index in [0.29, 0.717) is 5.65 Å². The molecule has 0 aliphatic heterocycles. The number of carboxylic acid groups (broad SMARTS) is 1. The van der Waals surface area contributed by atoms with E-state index in [2.05, 4.69) is 10.1 Å². The molecule has 5 heteroatoms. The van der Waals surface area contributed by atoms with E-state index < -0.39 is 5.97 Å². The van der Waals surface area contributed by atoms with E-state index in [1.807, 2.05) is 26.8 Å². The maximum absolute atomic E-state index is 10.9. The minimum Gasteiger partial charge on any atom is -0.477 e. The molecular weight excluding hydrogens is 206 g/mol. The first kappa shape index (κ1) is 10.6. The Balaban J connectivity index is 2.77. The molecule has 0 amide bonds. The van der Waals surface area contributed by atoms with Gasteiger partial charge in [-0.1, -0.05) is 20.8 Å². The van der Waals surface area contributed by atoms with Crippen LogP contribution in [-0.2, 0) is 5.41 Å². The van der Waals surface area contributed by atoms with Crippen molar-refractivity contribution in [3.63, 3.8) is 0 Å². The summed E-state index contributed by atoms with van der Waals surface area (Å²) in [6.45, 7) is 6.14. The van der Waals surface area contributed by atoms with Crippen LogP contribution in [0.3, 0.4) is 0 Å². The number of carboxylic acids is 1. The topological polar surface area (TPSA) is 67.5 Å². The molecule has 0 radical (unpaired) electrons.